The fraction of sp³-hybridized carbons (Fsp3) is 0.625. The van der Waals surface area contributed by atoms with Crippen molar-refractivity contribution in [3.05, 3.63) is 29.8 Å². The second-order valence-electron chi connectivity index (χ2n) is 5.54. The Morgan fingerprint density at radius 1 is 1.26 bits per heavy atom. The van der Waals surface area contributed by atoms with E-state index in [0.29, 0.717) is 0 Å². The molecule has 3 heteroatoms. The summed E-state index contributed by atoms with van der Waals surface area (Å²) in [5, 5.41) is 0. The highest BCUT2D eigenvalue weighted by Crippen LogP contribution is 2.22. The summed E-state index contributed by atoms with van der Waals surface area (Å²) < 4.78 is 5.41. The Morgan fingerprint density at radius 2 is 1.89 bits per heavy atom. The summed E-state index contributed by atoms with van der Waals surface area (Å²) in [6.07, 6.45) is 3.35. The monoisotopic (exact) mass is 262 g/mol. The second kappa shape index (κ2) is 6.92. The molecule has 0 radical (unpaired) electrons. The Kier molecular flexibility index (Phi) is 5.23. The molecule has 0 spiro atoms. The molecule has 1 aliphatic rings. The molecule has 2 rings (SSSR count). The van der Waals surface area contributed by atoms with Crippen LogP contribution in [0.3, 0.4) is 0 Å². The van der Waals surface area contributed by atoms with Crippen molar-refractivity contribution in [1.82, 2.24) is 0 Å². The number of anilines is 1. The van der Waals surface area contributed by atoms with Gasteiger partial charge >= 0.3 is 0 Å². The molecule has 0 aromatic heterocycles. The molecule has 0 bridgehead atoms. The van der Waals surface area contributed by atoms with Crippen molar-refractivity contribution in [2.45, 2.75) is 32.2 Å². The van der Waals surface area contributed by atoms with Gasteiger partial charge in [0, 0.05) is 38.5 Å². The molecule has 0 aliphatic carbocycles. The molecule has 0 saturated carbocycles. The van der Waals surface area contributed by atoms with Gasteiger partial charge in [-0.15, -0.1) is 0 Å². The predicted molar refractivity (Wildman–Crippen MR) is 80.5 cm³/mol. The van der Waals surface area contributed by atoms with Gasteiger partial charge < -0.3 is 15.4 Å². The normalized spacial score (nSPS) is 18.3. The van der Waals surface area contributed by atoms with Crippen LogP contribution in [0, 0.1) is 5.92 Å². The van der Waals surface area contributed by atoms with Crippen molar-refractivity contribution in [3.8, 4) is 0 Å². The Bertz CT molecular complexity index is 371. The summed E-state index contributed by atoms with van der Waals surface area (Å²) in [6.45, 7) is 5.07. The van der Waals surface area contributed by atoms with E-state index in [0.717, 1.165) is 32.1 Å². The van der Waals surface area contributed by atoms with Crippen molar-refractivity contribution in [3.63, 3.8) is 0 Å². The van der Waals surface area contributed by atoms with Gasteiger partial charge in [-0.05, 0) is 42.9 Å². The highest BCUT2D eigenvalue weighted by atomic mass is 16.5. The van der Waals surface area contributed by atoms with E-state index in [1.165, 1.54) is 24.1 Å². The molecule has 1 fully saturated rings. The topological polar surface area (TPSA) is 38.5 Å². The average Bonchev–Trinajstić information content (AvgIpc) is 2.47. The first-order chi connectivity index (χ1) is 9.20. The number of benzene rings is 1. The summed E-state index contributed by atoms with van der Waals surface area (Å²) in [4.78, 5) is 2.34. The summed E-state index contributed by atoms with van der Waals surface area (Å²) in [6, 6.07) is 8.84. The summed E-state index contributed by atoms with van der Waals surface area (Å²) in [7, 11) is 2.17. The average molecular weight is 262 g/mol. The highest BCUT2D eigenvalue weighted by Gasteiger charge is 2.16. The van der Waals surface area contributed by atoms with E-state index in [2.05, 4.69) is 43.1 Å². The minimum absolute atomic E-state index is 0.162. The Hall–Kier alpha value is -1.06. The molecule has 1 aliphatic heterocycles. The lowest BCUT2D eigenvalue weighted by Crippen LogP contribution is -2.29. The minimum Gasteiger partial charge on any atom is -0.381 e. The highest BCUT2D eigenvalue weighted by molar-refractivity contribution is 5.47. The fourth-order valence-electron chi connectivity index (χ4n) is 2.63. The summed E-state index contributed by atoms with van der Waals surface area (Å²) in [5.41, 5.74) is 8.55. The van der Waals surface area contributed by atoms with Crippen LogP contribution in [-0.2, 0) is 4.74 Å². The third-order valence-electron chi connectivity index (χ3n) is 4.07. The molecule has 1 aromatic carbocycles. The van der Waals surface area contributed by atoms with Crippen molar-refractivity contribution in [1.29, 1.82) is 0 Å². The lowest BCUT2D eigenvalue weighted by molar-refractivity contribution is 0.0685. The van der Waals surface area contributed by atoms with E-state index in [9.17, 15) is 0 Å². The maximum Gasteiger partial charge on any atom is 0.0469 e. The molecule has 1 heterocycles. The SMILES string of the molecule is CC[C@H](N)c1ccc(N(C)CC2CCOCC2)cc1. The second-order valence-corrected chi connectivity index (χ2v) is 5.54. The summed E-state index contributed by atoms with van der Waals surface area (Å²) >= 11 is 0. The first-order valence-corrected chi connectivity index (χ1v) is 7.35. The van der Waals surface area contributed by atoms with Crippen LogP contribution in [0.25, 0.3) is 0 Å². The lowest BCUT2D eigenvalue weighted by atomic mass is 9.99. The number of nitrogens with two attached hydrogens (primary N) is 1. The number of hydrogen-bond donors (Lipinski definition) is 1. The van der Waals surface area contributed by atoms with Crippen LogP contribution >= 0.6 is 0 Å². The van der Waals surface area contributed by atoms with Gasteiger partial charge in [0.2, 0.25) is 0 Å². The molecular formula is C16H26N2O. The van der Waals surface area contributed by atoms with Crippen LogP contribution in [0.2, 0.25) is 0 Å². The standard InChI is InChI=1S/C16H26N2O/c1-3-16(17)14-4-6-15(7-5-14)18(2)12-13-8-10-19-11-9-13/h4-7,13,16H,3,8-12,17H2,1-2H3/t16-/m0/s1. The van der Waals surface area contributed by atoms with Crippen LogP contribution in [0.1, 0.15) is 37.8 Å². The van der Waals surface area contributed by atoms with Gasteiger partial charge in [-0.3, -0.25) is 0 Å². The first-order valence-electron chi connectivity index (χ1n) is 7.35. The van der Waals surface area contributed by atoms with Gasteiger partial charge in [-0.25, -0.2) is 0 Å². The molecule has 0 unspecified atom stereocenters. The Labute approximate surface area is 116 Å². The maximum atomic E-state index is 6.04. The summed E-state index contributed by atoms with van der Waals surface area (Å²) in [5.74, 6) is 0.760. The predicted octanol–water partition coefficient (Wildman–Crippen LogP) is 2.96. The number of rotatable bonds is 5. The van der Waals surface area contributed by atoms with E-state index < -0.39 is 0 Å². The zero-order chi connectivity index (χ0) is 13.7. The molecule has 19 heavy (non-hydrogen) atoms. The molecule has 3 nitrogen and oxygen atoms in total. The van der Waals surface area contributed by atoms with E-state index in [4.69, 9.17) is 10.5 Å². The molecule has 2 N–H and O–H groups in total. The number of hydrogen-bond acceptors (Lipinski definition) is 3. The van der Waals surface area contributed by atoms with Gasteiger partial charge in [0.05, 0.1) is 0 Å². The number of ether oxygens (including phenoxy) is 1. The van der Waals surface area contributed by atoms with Crippen molar-refractivity contribution in [2.24, 2.45) is 11.7 Å². The van der Waals surface area contributed by atoms with Crippen LogP contribution in [-0.4, -0.2) is 26.8 Å². The van der Waals surface area contributed by atoms with Crippen molar-refractivity contribution >= 4 is 5.69 Å². The molecule has 1 atom stereocenters. The van der Waals surface area contributed by atoms with Gasteiger partial charge in [0.25, 0.3) is 0 Å². The minimum atomic E-state index is 0.162. The lowest BCUT2D eigenvalue weighted by Gasteiger charge is -2.28. The molecule has 1 saturated heterocycles. The zero-order valence-corrected chi connectivity index (χ0v) is 12.1. The van der Waals surface area contributed by atoms with E-state index in [1.807, 2.05) is 0 Å². The van der Waals surface area contributed by atoms with Crippen molar-refractivity contribution < 1.29 is 4.74 Å². The third-order valence-corrected chi connectivity index (χ3v) is 4.07. The van der Waals surface area contributed by atoms with Crippen LogP contribution in [0.4, 0.5) is 5.69 Å². The van der Waals surface area contributed by atoms with Crippen LogP contribution in [0.5, 0.6) is 0 Å². The molecular weight excluding hydrogens is 236 g/mol. The Morgan fingerprint density at radius 3 is 2.47 bits per heavy atom. The van der Waals surface area contributed by atoms with Gasteiger partial charge in [0.1, 0.15) is 0 Å². The fourth-order valence-corrected chi connectivity index (χ4v) is 2.63. The van der Waals surface area contributed by atoms with Crippen LogP contribution < -0.4 is 10.6 Å². The third kappa shape index (κ3) is 3.95. The van der Waals surface area contributed by atoms with Gasteiger partial charge in [-0.2, -0.15) is 0 Å². The smallest absolute Gasteiger partial charge is 0.0469 e. The van der Waals surface area contributed by atoms with Gasteiger partial charge in [-0.1, -0.05) is 19.1 Å². The van der Waals surface area contributed by atoms with E-state index in [1.54, 1.807) is 0 Å². The van der Waals surface area contributed by atoms with Crippen LogP contribution in [0.15, 0.2) is 24.3 Å². The van der Waals surface area contributed by atoms with Gasteiger partial charge in [0.15, 0.2) is 0 Å². The molecule has 0 amide bonds. The zero-order valence-electron chi connectivity index (χ0n) is 12.1. The van der Waals surface area contributed by atoms with Crippen molar-refractivity contribution in [2.75, 3.05) is 31.7 Å². The van der Waals surface area contributed by atoms with E-state index >= 15 is 0 Å². The van der Waals surface area contributed by atoms with E-state index in [-0.39, 0.29) is 6.04 Å². The quantitative estimate of drug-likeness (QED) is 0.886. The first kappa shape index (κ1) is 14.4. The Balaban J connectivity index is 1.93. The maximum absolute atomic E-state index is 6.04. The number of nitrogens with zero attached hydrogens (tertiary/aromatic N) is 1. The molecule has 106 valence electrons. The molecule has 1 aromatic rings. The largest absolute Gasteiger partial charge is 0.381 e.